The molecule has 0 N–H and O–H groups in total. The molecule has 0 unspecified atom stereocenters. The van der Waals surface area contributed by atoms with Crippen LogP contribution in [0.15, 0.2) is 30.3 Å². The molecule has 1 amide bonds. The SMILES string of the molecule is Cc1nsc(N2CCCN(C(=O)CCc3ccccc3)CC2)n1. The highest BCUT2D eigenvalue weighted by Crippen LogP contribution is 2.19. The van der Waals surface area contributed by atoms with Gasteiger partial charge in [-0.2, -0.15) is 4.37 Å². The molecule has 0 spiro atoms. The number of anilines is 1. The van der Waals surface area contributed by atoms with Gasteiger partial charge in [-0.3, -0.25) is 4.79 Å². The minimum absolute atomic E-state index is 0.254. The summed E-state index contributed by atoms with van der Waals surface area (Å²) in [6, 6.07) is 10.2. The summed E-state index contributed by atoms with van der Waals surface area (Å²) in [6.45, 7) is 5.30. The molecule has 1 aromatic carbocycles. The fourth-order valence-electron chi connectivity index (χ4n) is 2.83. The molecular weight excluding hydrogens is 308 g/mol. The predicted molar refractivity (Wildman–Crippen MR) is 92.8 cm³/mol. The van der Waals surface area contributed by atoms with Crippen LogP contribution in [0.3, 0.4) is 0 Å². The Kier molecular flexibility index (Phi) is 5.23. The molecular formula is C17H22N4OS. The van der Waals surface area contributed by atoms with Crippen molar-refractivity contribution in [3.05, 3.63) is 41.7 Å². The molecule has 1 aromatic heterocycles. The maximum Gasteiger partial charge on any atom is 0.222 e. The molecule has 2 heterocycles. The summed E-state index contributed by atoms with van der Waals surface area (Å²) in [5, 5.41) is 0.973. The summed E-state index contributed by atoms with van der Waals surface area (Å²) in [5.74, 6) is 1.08. The average molecular weight is 330 g/mol. The minimum atomic E-state index is 0.254. The third-order valence-electron chi connectivity index (χ3n) is 4.11. The summed E-state index contributed by atoms with van der Waals surface area (Å²) in [4.78, 5) is 21.1. The van der Waals surface area contributed by atoms with Crippen LogP contribution in [0.4, 0.5) is 5.13 Å². The van der Waals surface area contributed by atoms with Crippen molar-refractivity contribution in [2.75, 3.05) is 31.1 Å². The number of carbonyl (C=O) groups excluding carboxylic acids is 1. The maximum atomic E-state index is 12.5. The molecule has 0 saturated carbocycles. The number of carbonyl (C=O) groups is 1. The quantitative estimate of drug-likeness (QED) is 0.864. The lowest BCUT2D eigenvalue weighted by Crippen LogP contribution is -2.35. The second-order valence-electron chi connectivity index (χ2n) is 5.83. The first-order valence-electron chi connectivity index (χ1n) is 8.09. The number of nitrogens with zero attached hydrogens (tertiary/aromatic N) is 4. The van der Waals surface area contributed by atoms with E-state index >= 15 is 0 Å². The van der Waals surface area contributed by atoms with Crippen molar-refractivity contribution in [3.8, 4) is 0 Å². The van der Waals surface area contributed by atoms with Gasteiger partial charge >= 0.3 is 0 Å². The van der Waals surface area contributed by atoms with E-state index in [-0.39, 0.29) is 5.91 Å². The van der Waals surface area contributed by atoms with Crippen LogP contribution in [-0.2, 0) is 11.2 Å². The average Bonchev–Trinajstić information content (AvgIpc) is 2.86. The topological polar surface area (TPSA) is 49.3 Å². The van der Waals surface area contributed by atoms with E-state index in [9.17, 15) is 4.79 Å². The standard InChI is InChI=1S/C17H22N4OS/c1-14-18-17(23-19-14)21-11-5-10-20(12-13-21)16(22)9-8-15-6-3-2-4-7-15/h2-4,6-7H,5,8-13H2,1H3. The van der Waals surface area contributed by atoms with Crippen molar-refractivity contribution >= 4 is 22.6 Å². The molecule has 0 bridgehead atoms. The molecule has 1 aliphatic rings. The van der Waals surface area contributed by atoms with Gasteiger partial charge < -0.3 is 9.80 Å². The van der Waals surface area contributed by atoms with E-state index in [0.29, 0.717) is 6.42 Å². The Hall–Kier alpha value is -1.95. The number of hydrogen-bond acceptors (Lipinski definition) is 5. The van der Waals surface area contributed by atoms with Crippen LogP contribution >= 0.6 is 11.5 Å². The fourth-order valence-corrected chi connectivity index (χ4v) is 3.55. The first-order chi connectivity index (χ1) is 11.2. The lowest BCUT2D eigenvalue weighted by atomic mass is 10.1. The first kappa shape index (κ1) is 15.9. The highest BCUT2D eigenvalue weighted by Gasteiger charge is 2.20. The normalized spacial score (nSPS) is 15.5. The zero-order valence-electron chi connectivity index (χ0n) is 13.4. The Morgan fingerprint density at radius 3 is 2.74 bits per heavy atom. The van der Waals surface area contributed by atoms with Crippen molar-refractivity contribution < 1.29 is 4.79 Å². The van der Waals surface area contributed by atoms with Gasteiger partial charge in [0.2, 0.25) is 11.0 Å². The van der Waals surface area contributed by atoms with Gasteiger partial charge in [0.15, 0.2) is 0 Å². The minimum Gasteiger partial charge on any atom is -0.345 e. The van der Waals surface area contributed by atoms with Crippen LogP contribution < -0.4 is 4.90 Å². The van der Waals surface area contributed by atoms with Gasteiger partial charge in [0.25, 0.3) is 0 Å². The smallest absolute Gasteiger partial charge is 0.222 e. The first-order valence-corrected chi connectivity index (χ1v) is 8.86. The molecule has 1 saturated heterocycles. The predicted octanol–water partition coefficient (Wildman–Crippen LogP) is 2.52. The zero-order valence-corrected chi connectivity index (χ0v) is 14.3. The molecule has 6 heteroatoms. The van der Waals surface area contributed by atoms with E-state index in [0.717, 1.165) is 50.0 Å². The summed E-state index contributed by atoms with van der Waals surface area (Å²) in [5.41, 5.74) is 1.22. The van der Waals surface area contributed by atoms with Gasteiger partial charge in [-0.1, -0.05) is 30.3 Å². The molecule has 23 heavy (non-hydrogen) atoms. The van der Waals surface area contributed by atoms with Crippen LogP contribution in [0, 0.1) is 6.92 Å². The van der Waals surface area contributed by atoms with E-state index in [2.05, 4.69) is 26.4 Å². The number of hydrogen-bond donors (Lipinski definition) is 0. The molecule has 1 fully saturated rings. The number of benzene rings is 1. The van der Waals surface area contributed by atoms with Gasteiger partial charge in [0.1, 0.15) is 5.82 Å². The van der Waals surface area contributed by atoms with Crippen LogP contribution in [0.5, 0.6) is 0 Å². The van der Waals surface area contributed by atoms with E-state index in [1.165, 1.54) is 17.1 Å². The summed E-state index contributed by atoms with van der Waals surface area (Å²) in [6.07, 6.45) is 2.38. The molecule has 2 aromatic rings. The molecule has 0 atom stereocenters. The van der Waals surface area contributed by atoms with E-state index in [1.807, 2.05) is 30.0 Å². The maximum absolute atomic E-state index is 12.5. The van der Waals surface area contributed by atoms with E-state index < -0.39 is 0 Å². The summed E-state index contributed by atoms with van der Waals surface area (Å²) < 4.78 is 4.25. The van der Waals surface area contributed by atoms with Gasteiger partial charge in [-0.25, -0.2) is 4.98 Å². The van der Waals surface area contributed by atoms with Crippen LogP contribution in [0.1, 0.15) is 24.2 Å². The zero-order chi connectivity index (χ0) is 16.1. The van der Waals surface area contributed by atoms with Gasteiger partial charge in [-0.05, 0) is 25.3 Å². The van der Waals surface area contributed by atoms with Crippen LogP contribution in [0.25, 0.3) is 0 Å². The number of aromatic nitrogens is 2. The van der Waals surface area contributed by atoms with Crippen LogP contribution in [0.2, 0.25) is 0 Å². The Morgan fingerprint density at radius 1 is 1.17 bits per heavy atom. The Balaban J connectivity index is 1.52. The van der Waals surface area contributed by atoms with Gasteiger partial charge in [0.05, 0.1) is 0 Å². The largest absolute Gasteiger partial charge is 0.345 e. The fraction of sp³-hybridized carbons (Fsp3) is 0.471. The third kappa shape index (κ3) is 4.28. The monoisotopic (exact) mass is 330 g/mol. The van der Waals surface area contributed by atoms with Gasteiger partial charge in [-0.15, -0.1) is 0 Å². The lowest BCUT2D eigenvalue weighted by molar-refractivity contribution is -0.130. The Morgan fingerprint density at radius 2 is 2.00 bits per heavy atom. The van der Waals surface area contributed by atoms with Crippen molar-refractivity contribution in [2.45, 2.75) is 26.2 Å². The molecule has 0 radical (unpaired) electrons. The molecule has 1 aliphatic heterocycles. The van der Waals surface area contributed by atoms with E-state index in [4.69, 9.17) is 0 Å². The van der Waals surface area contributed by atoms with Crippen LogP contribution in [-0.4, -0.2) is 46.3 Å². The third-order valence-corrected chi connectivity index (χ3v) is 4.97. The second-order valence-corrected chi connectivity index (χ2v) is 6.56. The number of aryl methyl sites for hydroxylation is 2. The highest BCUT2D eigenvalue weighted by atomic mass is 32.1. The summed E-state index contributed by atoms with van der Waals surface area (Å²) >= 11 is 1.44. The number of amides is 1. The van der Waals surface area contributed by atoms with E-state index in [1.54, 1.807) is 0 Å². The van der Waals surface area contributed by atoms with Crippen molar-refractivity contribution in [3.63, 3.8) is 0 Å². The Labute approximate surface area is 141 Å². The Bertz CT molecular complexity index is 643. The molecule has 0 aliphatic carbocycles. The van der Waals surface area contributed by atoms with Crippen molar-refractivity contribution in [1.82, 2.24) is 14.3 Å². The molecule has 122 valence electrons. The summed E-state index contributed by atoms with van der Waals surface area (Å²) in [7, 11) is 0. The molecule has 3 rings (SSSR count). The highest BCUT2D eigenvalue weighted by molar-refractivity contribution is 7.09. The molecule has 5 nitrogen and oxygen atoms in total. The second kappa shape index (κ2) is 7.55. The number of rotatable bonds is 4. The van der Waals surface area contributed by atoms with Crippen molar-refractivity contribution in [2.24, 2.45) is 0 Å². The van der Waals surface area contributed by atoms with Gasteiger partial charge in [0, 0.05) is 44.1 Å². The lowest BCUT2D eigenvalue weighted by Gasteiger charge is -2.21. The van der Waals surface area contributed by atoms with Crippen molar-refractivity contribution in [1.29, 1.82) is 0 Å².